The average Bonchev–Trinajstić information content (AvgIpc) is 2.40. The van der Waals surface area contributed by atoms with Crippen molar-refractivity contribution in [3.8, 4) is 0 Å². The van der Waals surface area contributed by atoms with Crippen LogP contribution in [0.25, 0.3) is 0 Å². The highest BCUT2D eigenvalue weighted by molar-refractivity contribution is 5.76. The van der Waals surface area contributed by atoms with Gasteiger partial charge in [-0.25, -0.2) is 0 Å². The Morgan fingerprint density at radius 3 is 2.84 bits per heavy atom. The summed E-state index contributed by atoms with van der Waals surface area (Å²) >= 11 is 0. The van der Waals surface area contributed by atoms with E-state index in [4.69, 9.17) is 0 Å². The van der Waals surface area contributed by atoms with Crippen molar-refractivity contribution in [3.63, 3.8) is 0 Å². The molecule has 2 aliphatic rings. The molecule has 2 rings (SSSR count). The molecule has 19 heavy (non-hydrogen) atoms. The van der Waals surface area contributed by atoms with Crippen molar-refractivity contribution >= 4 is 5.91 Å². The smallest absolute Gasteiger partial charge is 0.220 e. The Labute approximate surface area is 117 Å². The van der Waals surface area contributed by atoms with E-state index in [-0.39, 0.29) is 5.91 Å². The monoisotopic (exact) mass is 267 g/mol. The Balaban J connectivity index is 1.71. The quantitative estimate of drug-likeness (QED) is 0.791. The van der Waals surface area contributed by atoms with Gasteiger partial charge in [0.25, 0.3) is 0 Å². The van der Waals surface area contributed by atoms with Gasteiger partial charge >= 0.3 is 0 Å². The summed E-state index contributed by atoms with van der Waals surface area (Å²) in [6.45, 7) is 7.90. The molecular formula is C15H29N3O. The Hall–Kier alpha value is -0.610. The highest BCUT2D eigenvalue weighted by Gasteiger charge is 2.24. The maximum atomic E-state index is 11.7. The molecule has 2 aliphatic heterocycles. The van der Waals surface area contributed by atoms with Crippen LogP contribution in [-0.2, 0) is 4.79 Å². The topological polar surface area (TPSA) is 44.4 Å². The molecule has 0 aromatic carbocycles. The lowest BCUT2D eigenvalue weighted by Crippen LogP contribution is -2.49. The van der Waals surface area contributed by atoms with Gasteiger partial charge in [-0.2, -0.15) is 0 Å². The van der Waals surface area contributed by atoms with Crippen LogP contribution < -0.4 is 10.6 Å². The molecule has 0 spiro atoms. The predicted octanol–water partition coefficient (Wildman–Crippen LogP) is 1.37. The van der Waals surface area contributed by atoms with Crippen LogP contribution in [0.2, 0.25) is 0 Å². The first-order valence-corrected chi connectivity index (χ1v) is 8.00. The number of amides is 1. The van der Waals surface area contributed by atoms with Crippen molar-refractivity contribution in [2.24, 2.45) is 5.92 Å². The highest BCUT2D eigenvalue weighted by Crippen LogP contribution is 2.17. The minimum Gasteiger partial charge on any atom is -0.352 e. The number of hydrogen-bond donors (Lipinski definition) is 2. The molecular weight excluding hydrogens is 238 g/mol. The summed E-state index contributed by atoms with van der Waals surface area (Å²) in [4.78, 5) is 14.2. The lowest BCUT2D eigenvalue weighted by Gasteiger charge is -2.36. The van der Waals surface area contributed by atoms with E-state index < -0.39 is 0 Å². The van der Waals surface area contributed by atoms with Crippen molar-refractivity contribution in [3.05, 3.63) is 0 Å². The molecule has 0 saturated carbocycles. The van der Waals surface area contributed by atoms with Gasteiger partial charge in [0.05, 0.1) is 0 Å². The molecule has 0 aliphatic carbocycles. The van der Waals surface area contributed by atoms with Crippen LogP contribution in [0.4, 0.5) is 0 Å². The van der Waals surface area contributed by atoms with Crippen LogP contribution in [0.1, 0.15) is 45.4 Å². The standard InChI is InChI=1S/C15H29N3O/c1-2-4-15(19)17-14-5-3-10-18(12-14)11-13-6-8-16-9-7-13/h13-14,16H,2-12H2,1H3,(H,17,19). The average molecular weight is 267 g/mol. The van der Waals surface area contributed by atoms with E-state index in [0.717, 1.165) is 25.3 Å². The molecule has 4 heteroatoms. The number of carbonyl (C=O) groups is 1. The molecule has 0 radical (unpaired) electrons. The molecule has 2 heterocycles. The van der Waals surface area contributed by atoms with Gasteiger partial charge in [-0.05, 0) is 57.7 Å². The Morgan fingerprint density at radius 1 is 1.32 bits per heavy atom. The van der Waals surface area contributed by atoms with Crippen LogP contribution in [0.5, 0.6) is 0 Å². The number of nitrogens with zero attached hydrogens (tertiary/aromatic N) is 1. The maximum absolute atomic E-state index is 11.7. The van der Waals surface area contributed by atoms with Gasteiger partial charge in [0.1, 0.15) is 0 Å². The fourth-order valence-corrected chi connectivity index (χ4v) is 3.30. The van der Waals surface area contributed by atoms with E-state index in [1.807, 2.05) is 0 Å². The summed E-state index contributed by atoms with van der Waals surface area (Å²) in [5, 5.41) is 6.62. The minimum absolute atomic E-state index is 0.233. The van der Waals surface area contributed by atoms with Crippen LogP contribution in [0, 0.1) is 5.92 Å². The van der Waals surface area contributed by atoms with Gasteiger partial charge in [-0.15, -0.1) is 0 Å². The van der Waals surface area contributed by atoms with Crippen molar-refractivity contribution in [1.29, 1.82) is 0 Å². The maximum Gasteiger partial charge on any atom is 0.220 e. The number of rotatable bonds is 5. The van der Waals surface area contributed by atoms with Crippen molar-refractivity contribution in [2.75, 3.05) is 32.7 Å². The third-order valence-corrected chi connectivity index (χ3v) is 4.32. The number of hydrogen-bond acceptors (Lipinski definition) is 3. The highest BCUT2D eigenvalue weighted by atomic mass is 16.1. The summed E-state index contributed by atoms with van der Waals surface area (Å²) in [5.74, 6) is 1.09. The zero-order valence-corrected chi connectivity index (χ0v) is 12.3. The molecule has 1 amide bonds. The van der Waals surface area contributed by atoms with E-state index in [1.54, 1.807) is 0 Å². The summed E-state index contributed by atoms with van der Waals surface area (Å²) < 4.78 is 0. The van der Waals surface area contributed by atoms with E-state index in [2.05, 4.69) is 22.5 Å². The molecule has 1 atom stereocenters. The van der Waals surface area contributed by atoms with Gasteiger partial charge in [0, 0.05) is 25.6 Å². The lowest BCUT2D eigenvalue weighted by atomic mass is 9.96. The van der Waals surface area contributed by atoms with Crippen molar-refractivity contribution < 1.29 is 4.79 Å². The normalized spacial score (nSPS) is 26.3. The molecule has 2 saturated heterocycles. The summed E-state index contributed by atoms with van der Waals surface area (Å²) in [6, 6.07) is 0.384. The van der Waals surface area contributed by atoms with Gasteiger partial charge in [-0.3, -0.25) is 4.79 Å². The van der Waals surface area contributed by atoms with Gasteiger partial charge in [0.2, 0.25) is 5.91 Å². The lowest BCUT2D eigenvalue weighted by molar-refractivity contribution is -0.122. The Morgan fingerprint density at radius 2 is 2.11 bits per heavy atom. The third-order valence-electron chi connectivity index (χ3n) is 4.32. The van der Waals surface area contributed by atoms with Crippen LogP contribution >= 0.6 is 0 Å². The SMILES string of the molecule is CCCC(=O)NC1CCCN(CC2CCNCC2)C1. The summed E-state index contributed by atoms with van der Waals surface area (Å²) in [5.41, 5.74) is 0. The van der Waals surface area contributed by atoms with Crippen molar-refractivity contribution in [2.45, 2.75) is 51.5 Å². The van der Waals surface area contributed by atoms with Crippen molar-refractivity contribution in [1.82, 2.24) is 15.5 Å². The fourth-order valence-electron chi connectivity index (χ4n) is 3.30. The fraction of sp³-hybridized carbons (Fsp3) is 0.933. The van der Waals surface area contributed by atoms with E-state index >= 15 is 0 Å². The minimum atomic E-state index is 0.233. The number of likely N-dealkylation sites (tertiary alicyclic amines) is 1. The second kappa shape index (κ2) is 7.85. The van der Waals surface area contributed by atoms with E-state index in [9.17, 15) is 4.79 Å². The number of nitrogens with one attached hydrogen (secondary N) is 2. The third kappa shape index (κ3) is 5.11. The second-order valence-corrected chi connectivity index (χ2v) is 6.11. The zero-order chi connectivity index (χ0) is 13.5. The van der Waals surface area contributed by atoms with Crippen LogP contribution in [0.3, 0.4) is 0 Å². The molecule has 0 aromatic heterocycles. The number of carbonyl (C=O) groups excluding carboxylic acids is 1. The summed E-state index contributed by atoms with van der Waals surface area (Å²) in [7, 11) is 0. The molecule has 1 unspecified atom stereocenters. The zero-order valence-electron chi connectivity index (χ0n) is 12.3. The van der Waals surface area contributed by atoms with Crippen LogP contribution in [-0.4, -0.2) is 49.6 Å². The van der Waals surface area contributed by atoms with E-state index in [0.29, 0.717) is 12.5 Å². The first-order valence-electron chi connectivity index (χ1n) is 8.00. The van der Waals surface area contributed by atoms with Gasteiger partial charge in [-0.1, -0.05) is 6.92 Å². The first-order chi connectivity index (χ1) is 9.28. The largest absolute Gasteiger partial charge is 0.352 e. The van der Waals surface area contributed by atoms with E-state index in [1.165, 1.54) is 45.4 Å². The molecule has 2 N–H and O–H groups in total. The van der Waals surface area contributed by atoms with Gasteiger partial charge < -0.3 is 15.5 Å². The second-order valence-electron chi connectivity index (χ2n) is 6.11. The molecule has 2 fully saturated rings. The molecule has 0 bridgehead atoms. The molecule has 110 valence electrons. The van der Waals surface area contributed by atoms with Crippen LogP contribution in [0.15, 0.2) is 0 Å². The molecule has 4 nitrogen and oxygen atoms in total. The number of piperidine rings is 2. The first kappa shape index (κ1) is 14.8. The summed E-state index contributed by atoms with van der Waals surface area (Å²) in [6.07, 6.45) is 6.61. The molecule has 0 aromatic rings. The Kier molecular flexibility index (Phi) is 6.11. The predicted molar refractivity (Wildman–Crippen MR) is 78.1 cm³/mol. The Bertz CT molecular complexity index is 277. The van der Waals surface area contributed by atoms with Gasteiger partial charge in [0.15, 0.2) is 0 Å².